The summed E-state index contributed by atoms with van der Waals surface area (Å²) in [5.41, 5.74) is 10.4. The Morgan fingerprint density at radius 2 is 1.75 bits per heavy atom. The van der Waals surface area contributed by atoms with Crippen molar-refractivity contribution in [2.45, 2.75) is 63.4 Å². The van der Waals surface area contributed by atoms with E-state index < -0.39 is 66.3 Å². The second kappa shape index (κ2) is 9.99. The Labute approximate surface area is 161 Å². The topological polar surface area (TPSA) is 205 Å². The standard InChI is InChI=1S/C16H27N5O7/c1-7(19-14(25)9(17)6-11(18)23)13(24)20-12(8(2)22)15(26)21-5-3-4-10(21)16(27)28/h7-10,12,22H,3-6,17H2,1-2H3,(H2,18,23)(H,19,25)(H,20,24)(H,27,28). The van der Waals surface area contributed by atoms with Crippen molar-refractivity contribution in [3.8, 4) is 0 Å². The fourth-order valence-corrected chi connectivity index (χ4v) is 2.83. The molecule has 0 aromatic rings. The number of carbonyl (C=O) groups is 5. The monoisotopic (exact) mass is 401 g/mol. The third-order valence-electron chi connectivity index (χ3n) is 4.38. The predicted octanol–water partition coefficient (Wildman–Crippen LogP) is -3.36. The van der Waals surface area contributed by atoms with Gasteiger partial charge in [-0.25, -0.2) is 4.79 Å². The lowest BCUT2D eigenvalue weighted by atomic mass is 10.1. The highest BCUT2D eigenvalue weighted by Gasteiger charge is 2.39. The average molecular weight is 401 g/mol. The van der Waals surface area contributed by atoms with Crippen molar-refractivity contribution >= 4 is 29.6 Å². The molecule has 12 heteroatoms. The maximum atomic E-state index is 12.6. The molecule has 1 saturated heterocycles. The van der Waals surface area contributed by atoms with E-state index in [2.05, 4.69) is 10.6 Å². The number of carboxylic acids is 1. The average Bonchev–Trinajstić information content (AvgIpc) is 3.07. The van der Waals surface area contributed by atoms with Crippen LogP contribution in [0.5, 0.6) is 0 Å². The quantitative estimate of drug-likeness (QED) is 0.229. The van der Waals surface area contributed by atoms with Crippen LogP contribution in [0.2, 0.25) is 0 Å². The van der Waals surface area contributed by atoms with E-state index in [9.17, 15) is 34.2 Å². The molecule has 0 aromatic carbocycles. The van der Waals surface area contributed by atoms with Gasteiger partial charge in [-0.2, -0.15) is 0 Å². The molecule has 4 amide bonds. The largest absolute Gasteiger partial charge is 0.480 e. The minimum atomic E-state index is -1.38. The van der Waals surface area contributed by atoms with E-state index in [0.29, 0.717) is 6.42 Å². The number of carboxylic acid groups (broad SMARTS) is 1. The third kappa shape index (κ3) is 6.16. The number of aliphatic hydroxyl groups excluding tert-OH is 1. The molecule has 0 spiro atoms. The molecule has 1 rings (SSSR count). The molecular formula is C16H27N5O7. The predicted molar refractivity (Wildman–Crippen MR) is 95.4 cm³/mol. The van der Waals surface area contributed by atoms with Crippen LogP contribution < -0.4 is 22.1 Å². The Kier molecular flexibility index (Phi) is 8.32. The number of hydrogen-bond acceptors (Lipinski definition) is 7. The number of carbonyl (C=O) groups excluding carboxylic acids is 4. The van der Waals surface area contributed by atoms with E-state index in [1.165, 1.54) is 13.8 Å². The van der Waals surface area contributed by atoms with Gasteiger partial charge in [-0.15, -0.1) is 0 Å². The molecular weight excluding hydrogens is 374 g/mol. The van der Waals surface area contributed by atoms with Crippen LogP contribution in [0, 0.1) is 0 Å². The second-order valence-electron chi connectivity index (χ2n) is 6.76. The smallest absolute Gasteiger partial charge is 0.326 e. The maximum Gasteiger partial charge on any atom is 0.326 e. The van der Waals surface area contributed by atoms with Crippen LogP contribution in [0.15, 0.2) is 0 Å². The van der Waals surface area contributed by atoms with Crippen LogP contribution in [0.1, 0.15) is 33.1 Å². The summed E-state index contributed by atoms with van der Waals surface area (Å²) in [6.45, 7) is 2.80. The number of primary amides is 1. The molecule has 158 valence electrons. The summed E-state index contributed by atoms with van der Waals surface area (Å²) in [5.74, 6) is -4.24. The van der Waals surface area contributed by atoms with Gasteiger partial charge in [-0.3, -0.25) is 19.2 Å². The number of hydrogen-bond donors (Lipinski definition) is 6. The van der Waals surface area contributed by atoms with Gasteiger partial charge in [-0.05, 0) is 26.7 Å². The molecule has 1 fully saturated rings. The first-order valence-corrected chi connectivity index (χ1v) is 8.81. The lowest BCUT2D eigenvalue weighted by molar-refractivity contribution is -0.150. The highest BCUT2D eigenvalue weighted by atomic mass is 16.4. The SMILES string of the molecule is CC(NC(=O)C(N)CC(N)=O)C(=O)NC(C(=O)N1CCCC1C(=O)O)C(C)O. The van der Waals surface area contributed by atoms with Gasteiger partial charge in [0.1, 0.15) is 18.1 Å². The molecule has 28 heavy (non-hydrogen) atoms. The number of amides is 4. The molecule has 1 aliphatic rings. The zero-order valence-electron chi connectivity index (χ0n) is 15.8. The van der Waals surface area contributed by atoms with E-state index in [1.54, 1.807) is 0 Å². The molecule has 0 saturated carbocycles. The van der Waals surface area contributed by atoms with Gasteiger partial charge in [0.2, 0.25) is 23.6 Å². The summed E-state index contributed by atoms with van der Waals surface area (Å²) < 4.78 is 0. The fraction of sp³-hybridized carbons (Fsp3) is 0.688. The molecule has 5 atom stereocenters. The summed E-state index contributed by atoms with van der Waals surface area (Å²) in [7, 11) is 0. The minimum Gasteiger partial charge on any atom is -0.480 e. The first kappa shape index (κ1) is 23.3. The van der Waals surface area contributed by atoms with Crippen LogP contribution in [0.25, 0.3) is 0 Å². The molecule has 0 aromatic heterocycles. The van der Waals surface area contributed by atoms with Crippen molar-refractivity contribution in [3.63, 3.8) is 0 Å². The third-order valence-corrected chi connectivity index (χ3v) is 4.38. The number of nitrogens with two attached hydrogens (primary N) is 2. The number of aliphatic carboxylic acids is 1. The molecule has 8 N–H and O–H groups in total. The molecule has 1 aliphatic heterocycles. The van der Waals surface area contributed by atoms with Crippen LogP contribution in [-0.2, 0) is 24.0 Å². The summed E-state index contributed by atoms with van der Waals surface area (Å²) in [5, 5.41) is 23.7. The van der Waals surface area contributed by atoms with Crippen LogP contribution in [-0.4, -0.2) is 81.5 Å². The fourth-order valence-electron chi connectivity index (χ4n) is 2.83. The van der Waals surface area contributed by atoms with Crippen molar-refractivity contribution in [1.82, 2.24) is 15.5 Å². The van der Waals surface area contributed by atoms with E-state index in [-0.39, 0.29) is 13.0 Å². The molecule has 0 bridgehead atoms. The van der Waals surface area contributed by atoms with Crippen LogP contribution in [0.3, 0.4) is 0 Å². The van der Waals surface area contributed by atoms with Gasteiger partial charge in [0.05, 0.1) is 18.6 Å². The van der Waals surface area contributed by atoms with Crippen LogP contribution in [0.4, 0.5) is 0 Å². The van der Waals surface area contributed by atoms with Gasteiger partial charge in [0.25, 0.3) is 0 Å². The Hall–Kier alpha value is -2.73. The number of nitrogens with zero attached hydrogens (tertiary/aromatic N) is 1. The van der Waals surface area contributed by atoms with E-state index in [1.807, 2.05) is 0 Å². The maximum absolute atomic E-state index is 12.6. The first-order chi connectivity index (χ1) is 13.0. The lowest BCUT2D eigenvalue weighted by Crippen LogP contribution is -2.59. The number of rotatable bonds is 9. The van der Waals surface area contributed by atoms with Gasteiger partial charge in [-0.1, -0.05) is 0 Å². The number of nitrogens with one attached hydrogen (secondary N) is 2. The number of likely N-dealkylation sites (tertiary alicyclic amines) is 1. The molecule has 0 radical (unpaired) electrons. The summed E-state index contributed by atoms with van der Waals surface area (Å²) in [6.07, 6.45) is -0.925. The zero-order valence-corrected chi connectivity index (χ0v) is 15.8. The summed E-state index contributed by atoms with van der Waals surface area (Å²) >= 11 is 0. The lowest BCUT2D eigenvalue weighted by Gasteiger charge is -2.29. The van der Waals surface area contributed by atoms with Gasteiger partial charge in [0, 0.05) is 6.54 Å². The van der Waals surface area contributed by atoms with Gasteiger partial charge >= 0.3 is 5.97 Å². The van der Waals surface area contributed by atoms with Crippen molar-refractivity contribution in [2.24, 2.45) is 11.5 Å². The van der Waals surface area contributed by atoms with Gasteiger partial charge in [0.15, 0.2) is 0 Å². The molecule has 0 aliphatic carbocycles. The highest BCUT2D eigenvalue weighted by Crippen LogP contribution is 2.19. The highest BCUT2D eigenvalue weighted by molar-refractivity contribution is 5.95. The summed E-state index contributed by atoms with van der Waals surface area (Å²) in [4.78, 5) is 60.0. The molecule has 5 unspecified atom stereocenters. The van der Waals surface area contributed by atoms with E-state index in [4.69, 9.17) is 11.5 Å². The van der Waals surface area contributed by atoms with E-state index >= 15 is 0 Å². The molecule has 1 heterocycles. The second-order valence-corrected chi connectivity index (χ2v) is 6.76. The van der Waals surface area contributed by atoms with E-state index in [0.717, 1.165) is 4.90 Å². The van der Waals surface area contributed by atoms with Crippen molar-refractivity contribution < 1.29 is 34.2 Å². The summed E-state index contributed by atoms with van der Waals surface area (Å²) in [6, 6.07) is -4.77. The number of aliphatic hydroxyl groups is 1. The van der Waals surface area contributed by atoms with Crippen molar-refractivity contribution in [1.29, 1.82) is 0 Å². The Bertz CT molecular complexity index is 639. The van der Waals surface area contributed by atoms with Gasteiger partial charge < -0.3 is 37.2 Å². The minimum absolute atomic E-state index is 0.198. The molecule has 12 nitrogen and oxygen atoms in total. The zero-order chi connectivity index (χ0) is 21.6. The Balaban J connectivity index is 2.76. The Morgan fingerprint density at radius 1 is 1.14 bits per heavy atom. The van der Waals surface area contributed by atoms with Crippen molar-refractivity contribution in [3.05, 3.63) is 0 Å². The van der Waals surface area contributed by atoms with Crippen LogP contribution >= 0.6 is 0 Å². The van der Waals surface area contributed by atoms with Crippen molar-refractivity contribution in [2.75, 3.05) is 6.54 Å². The first-order valence-electron chi connectivity index (χ1n) is 8.81. The normalized spacial score (nSPS) is 20.6. The Morgan fingerprint density at radius 3 is 2.25 bits per heavy atom.